The van der Waals surface area contributed by atoms with Crippen molar-refractivity contribution in [2.24, 2.45) is 0 Å². The first-order chi connectivity index (χ1) is 14.4. The quantitative estimate of drug-likeness (QED) is 0.327. The molecule has 172 valence electrons. The van der Waals surface area contributed by atoms with Crippen molar-refractivity contribution in [1.29, 1.82) is 0 Å². The molecule has 1 aromatic carbocycles. The third-order valence-corrected chi connectivity index (χ3v) is 7.68. The van der Waals surface area contributed by atoms with Crippen molar-refractivity contribution < 1.29 is 32.7 Å². The fraction of sp³-hybridized carbons (Fsp3) is 0.545. The highest BCUT2D eigenvalue weighted by molar-refractivity contribution is 7.94. The van der Waals surface area contributed by atoms with Gasteiger partial charge in [0.2, 0.25) is 5.91 Å². The highest BCUT2D eigenvalue weighted by Gasteiger charge is 2.37. The van der Waals surface area contributed by atoms with Gasteiger partial charge in [-0.3, -0.25) is 19.2 Å². The molecular weight excluding hydrogens is 422 g/mol. The molecule has 1 amide bonds. The second-order valence-electron chi connectivity index (χ2n) is 7.74. The molecule has 0 fully saturated rings. The zero-order chi connectivity index (χ0) is 23.6. The Morgan fingerprint density at radius 3 is 2.00 bits per heavy atom. The van der Waals surface area contributed by atoms with Gasteiger partial charge in [-0.15, -0.1) is 0 Å². The number of carbonyl (C=O) groups is 4. The third-order valence-electron chi connectivity index (χ3n) is 5.00. The summed E-state index contributed by atoms with van der Waals surface area (Å²) in [6.07, 6.45) is 2.96. The summed E-state index contributed by atoms with van der Waals surface area (Å²) in [6.45, 7) is 3.72. The maximum absolute atomic E-state index is 12.6. The van der Waals surface area contributed by atoms with Crippen LogP contribution in [0.5, 0.6) is 0 Å². The predicted octanol–water partition coefficient (Wildman–Crippen LogP) is 2.94. The van der Waals surface area contributed by atoms with Gasteiger partial charge in [-0.1, -0.05) is 18.6 Å². The number of sulfone groups is 1. The lowest BCUT2D eigenvalue weighted by Gasteiger charge is -2.18. The summed E-state index contributed by atoms with van der Waals surface area (Å²) >= 11 is 0. The summed E-state index contributed by atoms with van der Waals surface area (Å²) in [5, 5.41) is 8.90. The normalized spacial score (nSPS) is 12.4. The molecule has 1 aromatic rings. The second kappa shape index (κ2) is 12.3. The SMILES string of the molecule is CC(=O)C(C(C)=O)S(=O)(=O)C(C)CCc1ccc(NC(=O)CCCCCC(=O)O)cc1. The van der Waals surface area contributed by atoms with Gasteiger partial charge in [-0.25, -0.2) is 8.42 Å². The van der Waals surface area contributed by atoms with E-state index in [0.29, 0.717) is 37.8 Å². The van der Waals surface area contributed by atoms with Gasteiger partial charge in [0.25, 0.3) is 0 Å². The van der Waals surface area contributed by atoms with E-state index in [2.05, 4.69) is 5.32 Å². The molecule has 1 unspecified atom stereocenters. The van der Waals surface area contributed by atoms with Crippen LogP contribution in [-0.4, -0.2) is 47.5 Å². The molecule has 2 N–H and O–H groups in total. The van der Waals surface area contributed by atoms with Crippen LogP contribution in [0.15, 0.2) is 24.3 Å². The molecule has 0 aromatic heterocycles. The summed E-state index contributed by atoms with van der Waals surface area (Å²) in [4.78, 5) is 45.6. The zero-order valence-corrected chi connectivity index (χ0v) is 19.0. The topological polar surface area (TPSA) is 135 Å². The van der Waals surface area contributed by atoms with Gasteiger partial charge in [0.1, 0.15) is 0 Å². The number of ketones is 2. The number of anilines is 1. The maximum Gasteiger partial charge on any atom is 0.303 e. The van der Waals surface area contributed by atoms with Crippen LogP contribution in [0, 0.1) is 0 Å². The molecule has 0 heterocycles. The molecular formula is C22H31NO7S. The standard InChI is InChI=1S/C22H31NO7S/c1-15(31(29,30)22(16(2)24)17(3)25)9-10-18-11-13-19(14-12-18)23-20(26)7-5-4-6-8-21(27)28/h11-15,22H,4-10H2,1-3H3,(H,23,26)(H,27,28). The number of benzene rings is 1. The molecule has 1 rings (SSSR count). The van der Waals surface area contributed by atoms with E-state index in [1.807, 2.05) is 0 Å². The van der Waals surface area contributed by atoms with E-state index >= 15 is 0 Å². The van der Waals surface area contributed by atoms with Gasteiger partial charge >= 0.3 is 5.97 Å². The zero-order valence-electron chi connectivity index (χ0n) is 18.2. The molecule has 1 atom stereocenters. The van der Waals surface area contributed by atoms with E-state index in [-0.39, 0.29) is 18.7 Å². The average Bonchev–Trinajstić information content (AvgIpc) is 2.65. The fourth-order valence-corrected chi connectivity index (χ4v) is 5.07. The Morgan fingerprint density at radius 2 is 1.48 bits per heavy atom. The molecule has 0 spiro atoms. The van der Waals surface area contributed by atoms with E-state index in [9.17, 15) is 27.6 Å². The van der Waals surface area contributed by atoms with Crippen LogP contribution in [0.25, 0.3) is 0 Å². The lowest BCUT2D eigenvalue weighted by atomic mass is 10.1. The Labute approximate surface area is 183 Å². The Kier molecular flexibility index (Phi) is 10.5. The summed E-state index contributed by atoms with van der Waals surface area (Å²) in [6, 6.07) is 7.03. The van der Waals surface area contributed by atoms with E-state index in [1.54, 1.807) is 24.3 Å². The van der Waals surface area contributed by atoms with Crippen molar-refractivity contribution in [3.05, 3.63) is 29.8 Å². The van der Waals surface area contributed by atoms with Gasteiger partial charge in [0.15, 0.2) is 26.7 Å². The van der Waals surface area contributed by atoms with E-state index < -0.39 is 37.9 Å². The Morgan fingerprint density at radius 1 is 0.935 bits per heavy atom. The van der Waals surface area contributed by atoms with Crippen molar-refractivity contribution in [2.45, 2.75) is 76.2 Å². The number of carboxylic acid groups (broad SMARTS) is 1. The van der Waals surface area contributed by atoms with Crippen molar-refractivity contribution in [3.8, 4) is 0 Å². The van der Waals surface area contributed by atoms with Crippen LogP contribution in [0.1, 0.15) is 64.9 Å². The molecule has 0 aliphatic carbocycles. The lowest BCUT2D eigenvalue weighted by molar-refractivity contribution is -0.137. The number of nitrogens with one attached hydrogen (secondary N) is 1. The molecule has 0 bridgehead atoms. The number of hydrogen-bond acceptors (Lipinski definition) is 6. The summed E-state index contributed by atoms with van der Waals surface area (Å²) in [7, 11) is -3.90. The Bertz CT molecular complexity index is 877. The summed E-state index contributed by atoms with van der Waals surface area (Å²) in [5.74, 6) is -2.32. The maximum atomic E-state index is 12.6. The Hall–Kier alpha value is -2.55. The smallest absolute Gasteiger partial charge is 0.303 e. The van der Waals surface area contributed by atoms with Crippen molar-refractivity contribution in [3.63, 3.8) is 0 Å². The molecule has 0 aliphatic rings. The van der Waals surface area contributed by atoms with Crippen LogP contribution in [0.3, 0.4) is 0 Å². The largest absolute Gasteiger partial charge is 0.481 e. The molecule has 31 heavy (non-hydrogen) atoms. The molecule has 0 saturated carbocycles. The van der Waals surface area contributed by atoms with Crippen LogP contribution in [0.2, 0.25) is 0 Å². The van der Waals surface area contributed by atoms with E-state index in [1.165, 1.54) is 6.92 Å². The number of hydrogen-bond donors (Lipinski definition) is 2. The number of aliphatic carboxylic acids is 1. The van der Waals surface area contributed by atoms with Crippen molar-refractivity contribution in [1.82, 2.24) is 0 Å². The van der Waals surface area contributed by atoms with E-state index in [4.69, 9.17) is 5.11 Å². The highest BCUT2D eigenvalue weighted by Crippen LogP contribution is 2.19. The first-order valence-electron chi connectivity index (χ1n) is 10.3. The number of Topliss-reactive ketones (excluding diaryl/α,β-unsaturated/α-hetero) is 2. The number of carboxylic acids is 1. The monoisotopic (exact) mass is 453 g/mol. The fourth-order valence-electron chi connectivity index (χ4n) is 3.23. The molecule has 9 heteroatoms. The van der Waals surface area contributed by atoms with Gasteiger partial charge < -0.3 is 10.4 Å². The van der Waals surface area contributed by atoms with Gasteiger partial charge in [0, 0.05) is 18.5 Å². The first-order valence-corrected chi connectivity index (χ1v) is 11.9. The summed E-state index contributed by atoms with van der Waals surface area (Å²) in [5.41, 5.74) is 1.49. The minimum Gasteiger partial charge on any atom is -0.481 e. The van der Waals surface area contributed by atoms with Gasteiger partial charge in [-0.2, -0.15) is 0 Å². The minimum absolute atomic E-state index is 0.104. The molecule has 0 radical (unpaired) electrons. The average molecular weight is 454 g/mol. The van der Waals surface area contributed by atoms with Crippen LogP contribution >= 0.6 is 0 Å². The number of aryl methyl sites for hydroxylation is 1. The third kappa shape index (κ3) is 9.00. The van der Waals surface area contributed by atoms with Gasteiger partial charge in [0.05, 0.1) is 5.25 Å². The second-order valence-corrected chi connectivity index (χ2v) is 10.2. The van der Waals surface area contributed by atoms with Crippen molar-refractivity contribution >= 4 is 39.0 Å². The highest BCUT2D eigenvalue weighted by atomic mass is 32.2. The van der Waals surface area contributed by atoms with Crippen LogP contribution in [0.4, 0.5) is 5.69 Å². The number of carbonyl (C=O) groups excluding carboxylic acids is 3. The predicted molar refractivity (Wildman–Crippen MR) is 118 cm³/mol. The summed E-state index contributed by atoms with van der Waals surface area (Å²) < 4.78 is 25.1. The number of rotatable bonds is 14. The van der Waals surface area contributed by atoms with Crippen molar-refractivity contribution in [2.75, 3.05) is 5.32 Å². The molecule has 0 aliphatic heterocycles. The molecule has 8 nitrogen and oxygen atoms in total. The lowest BCUT2D eigenvalue weighted by Crippen LogP contribution is -2.40. The van der Waals surface area contributed by atoms with Crippen LogP contribution < -0.4 is 5.32 Å². The number of unbranched alkanes of at least 4 members (excludes halogenated alkanes) is 2. The Balaban J connectivity index is 2.53. The number of amides is 1. The molecule has 0 saturated heterocycles. The van der Waals surface area contributed by atoms with E-state index in [0.717, 1.165) is 19.4 Å². The first kappa shape index (κ1) is 26.5. The van der Waals surface area contributed by atoms with Gasteiger partial charge in [-0.05, 0) is 64.2 Å². The minimum atomic E-state index is -3.90. The van der Waals surface area contributed by atoms with Crippen LogP contribution in [-0.2, 0) is 35.4 Å².